The number of thiophene rings is 1. The average Bonchev–Trinajstić information content (AvgIpc) is 3.00. The van der Waals surface area contributed by atoms with E-state index in [2.05, 4.69) is 5.32 Å². The van der Waals surface area contributed by atoms with Crippen molar-refractivity contribution in [1.82, 2.24) is 10.2 Å². The Hall–Kier alpha value is -1.70. The molecule has 0 radical (unpaired) electrons. The van der Waals surface area contributed by atoms with Crippen molar-refractivity contribution in [2.45, 2.75) is 17.9 Å². The van der Waals surface area contributed by atoms with Crippen molar-refractivity contribution in [2.75, 3.05) is 26.9 Å². The molecule has 130 valence electrons. The molecule has 0 aliphatic rings. The SMILES string of the molecule is Cc1ccc(S(C)(=O)=O)cc1C(=O)NCC(c1cccs1)N(C)C. The average molecular weight is 367 g/mol. The Morgan fingerprint density at radius 1 is 1.29 bits per heavy atom. The number of nitrogens with zero attached hydrogens (tertiary/aromatic N) is 1. The molecule has 24 heavy (non-hydrogen) atoms. The molecule has 1 atom stereocenters. The van der Waals surface area contributed by atoms with Gasteiger partial charge >= 0.3 is 0 Å². The fraction of sp³-hybridized carbons (Fsp3) is 0.353. The standard InChI is InChI=1S/C17H22N2O3S2/c1-12-7-8-13(24(4,21)22)10-14(12)17(20)18-11-15(19(2)3)16-6-5-9-23-16/h5-10,15H,11H2,1-4H3,(H,18,20). The van der Waals surface area contributed by atoms with Crippen LogP contribution in [0.3, 0.4) is 0 Å². The fourth-order valence-corrected chi connectivity index (χ4v) is 3.95. The van der Waals surface area contributed by atoms with Crippen molar-refractivity contribution in [3.8, 4) is 0 Å². The highest BCUT2D eigenvalue weighted by atomic mass is 32.2. The van der Waals surface area contributed by atoms with Crippen molar-refractivity contribution in [1.29, 1.82) is 0 Å². The van der Waals surface area contributed by atoms with Crippen LogP contribution in [-0.4, -0.2) is 46.1 Å². The number of hydrogen-bond acceptors (Lipinski definition) is 5. The Morgan fingerprint density at radius 3 is 2.54 bits per heavy atom. The molecule has 0 saturated carbocycles. The van der Waals surface area contributed by atoms with Crippen LogP contribution < -0.4 is 5.32 Å². The minimum atomic E-state index is -3.34. The Bertz CT molecular complexity index is 812. The van der Waals surface area contributed by atoms with Crippen LogP contribution in [0, 0.1) is 6.92 Å². The molecule has 1 amide bonds. The van der Waals surface area contributed by atoms with Gasteiger partial charge in [0.2, 0.25) is 0 Å². The van der Waals surface area contributed by atoms with Gasteiger partial charge in [0.25, 0.3) is 5.91 Å². The fourth-order valence-electron chi connectivity index (χ4n) is 2.38. The number of amides is 1. The molecule has 2 rings (SSSR count). The summed E-state index contributed by atoms with van der Waals surface area (Å²) in [7, 11) is 0.586. The van der Waals surface area contributed by atoms with Crippen molar-refractivity contribution in [2.24, 2.45) is 0 Å². The predicted octanol–water partition coefficient (Wildman–Crippen LogP) is 2.49. The molecule has 0 saturated heterocycles. The summed E-state index contributed by atoms with van der Waals surface area (Å²) < 4.78 is 23.4. The molecule has 0 fully saturated rings. The molecule has 0 bridgehead atoms. The molecule has 2 aromatic rings. The van der Waals surface area contributed by atoms with Crippen LogP contribution in [-0.2, 0) is 9.84 Å². The topological polar surface area (TPSA) is 66.5 Å². The second-order valence-electron chi connectivity index (χ2n) is 5.95. The van der Waals surface area contributed by atoms with Crippen molar-refractivity contribution in [3.05, 3.63) is 51.7 Å². The third kappa shape index (κ3) is 4.43. The van der Waals surface area contributed by atoms with E-state index in [4.69, 9.17) is 0 Å². The lowest BCUT2D eigenvalue weighted by molar-refractivity contribution is 0.0941. The van der Waals surface area contributed by atoms with Gasteiger partial charge < -0.3 is 10.2 Å². The number of aryl methyl sites for hydroxylation is 1. The lowest BCUT2D eigenvalue weighted by Gasteiger charge is -2.23. The third-order valence-corrected chi connectivity index (χ3v) is 5.92. The molecule has 1 aromatic carbocycles. The predicted molar refractivity (Wildman–Crippen MR) is 97.4 cm³/mol. The minimum Gasteiger partial charge on any atom is -0.350 e. The van der Waals surface area contributed by atoms with Gasteiger partial charge in [0, 0.05) is 23.2 Å². The lowest BCUT2D eigenvalue weighted by Crippen LogP contribution is -2.34. The number of likely N-dealkylation sites (N-methyl/N-ethyl adjacent to an activating group) is 1. The van der Waals surface area contributed by atoms with Gasteiger partial charge in [-0.3, -0.25) is 4.79 Å². The van der Waals surface area contributed by atoms with Crippen LogP contribution in [0.25, 0.3) is 0 Å². The summed E-state index contributed by atoms with van der Waals surface area (Å²) in [4.78, 5) is 15.9. The van der Waals surface area contributed by atoms with E-state index >= 15 is 0 Å². The quantitative estimate of drug-likeness (QED) is 0.853. The molecule has 5 nitrogen and oxygen atoms in total. The van der Waals surface area contributed by atoms with E-state index in [-0.39, 0.29) is 16.8 Å². The highest BCUT2D eigenvalue weighted by Crippen LogP contribution is 2.22. The molecule has 1 N–H and O–H groups in total. The highest BCUT2D eigenvalue weighted by Gasteiger charge is 2.18. The van der Waals surface area contributed by atoms with Gasteiger partial charge in [-0.2, -0.15) is 0 Å². The van der Waals surface area contributed by atoms with Crippen LogP contribution >= 0.6 is 11.3 Å². The van der Waals surface area contributed by atoms with Gasteiger partial charge in [-0.05, 0) is 50.2 Å². The molecule has 0 aliphatic carbocycles. The molecular weight excluding hydrogens is 344 g/mol. The zero-order valence-electron chi connectivity index (χ0n) is 14.2. The van der Waals surface area contributed by atoms with Gasteiger partial charge in [0.05, 0.1) is 10.9 Å². The van der Waals surface area contributed by atoms with Gasteiger partial charge in [0.15, 0.2) is 9.84 Å². The second-order valence-corrected chi connectivity index (χ2v) is 8.95. The van der Waals surface area contributed by atoms with Gasteiger partial charge in [-0.25, -0.2) is 8.42 Å². The largest absolute Gasteiger partial charge is 0.350 e. The van der Waals surface area contributed by atoms with Crippen LogP contribution in [0.5, 0.6) is 0 Å². The molecule has 7 heteroatoms. The summed E-state index contributed by atoms with van der Waals surface area (Å²) >= 11 is 1.64. The summed E-state index contributed by atoms with van der Waals surface area (Å²) in [5, 5.41) is 4.93. The van der Waals surface area contributed by atoms with Gasteiger partial charge in [-0.15, -0.1) is 11.3 Å². The van der Waals surface area contributed by atoms with E-state index in [0.29, 0.717) is 12.1 Å². The Balaban J connectivity index is 2.18. The Kier molecular flexibility index (Phi) is 5.79. The first kappa shape index (κ1) is 18.6. The number of hydrogen-bond donors (Lipinski definition) is 1. The first-order chi connectivity index (χ1) is 11.2. The van der Waals surface area contributed by atoms with E-state index < -0.39 is 9.84 Å². The van der Waals surface area contributed by atoms with Crippen molar-refractivity contribution in [3.63, 3.8) is 0 Å². The summed E-state index contributed by atoms with van der Waals surface area (Å²) in [6.45, 7) is 2.25. The number of carbonyl (C=O) groups excluding carboxylic acids is 1. The normalized spacial score (nSPS) is 13.0. The molecule has 1 unspecified atom stereocenters. The maximum absolute atomic E-state index is 12.5. The van der Waals surface area contributed by atoms with Crippen LogP contribution in [0.2, 0.25) is 0 Å². The number of benzene rings is 1. The van der Waals surface area contributed by atoms with Gasteiger partial charge in [-0.1, -0.05) is 12.1 Å². The maximum atomic E-state index is 12.5. The number of nitrogens with one attached hydrogen (secondary N) is 1. The minimum absolute atomic E-state index is 0.0762. The highest BCUT2D eigenvalue weighted by molar-refractivity contribution is 7.90. The third-order valence-electron chi connectivity index (χ3n) is 3.83. The molecule has 1 aromatic heterocycles. The number of carbonyl (C=O) groups is 1. The summed E-state index contributed by atoms with van der Waals surface area (Å²) in [6.07, 6.45) is 1.14. The Morgan fingerprint density at radius 2 is 2.00 bits per heavy atom. The van der Waals surface area contributed by atoms with Crippen LogP contribution in [0.1, 0.15) is 26.8 Å². The monoisotopic (exact) mass is 366 g/mol. The first-order valence-corrected chi connectivity index (χ1v) is 10.3. The maximum Gasteiger partial charge on any atom is 0.251 e. The second kappa shape index (κ2) is 7.46. The molecule has 0 aliphatic heterocycles. The zero-order chi connectivity index (χ0) is 17.9. The summed E-state index contributed by atoms with van der Waals surface area (Å²) in [5.41, 5.74) is 1.14. The zero-order valence-corrected chi connectivity index (χ0v) is 15.9. The van der Waals surface area contributed by atoms with Crippen LogP contribution in [0.15, 0.2) is 40.6 Å². The number of sulfone groups is 1. The van der Waals surface area contributed by atoms with E-state index in [1.165, 1.54) is 17.0 Å². The van der Waals surface area contributed by atoms with Crippen LogP contribution in [0.4, 0.5) is 0 Å². The van der Waals surface area contributed by atoms with Crippen molar-refractivity contribution < 1.29 is 13.2 Å². The van der Waals surface area contributed by atoms with E-state index in [1.807, 2.05) is 36.5 Å². The summed E-state index contributed by atoms with van der Waals surface area (Å²) in [5.74, 6) is -0.263. The Labute approximate surface area is 147 Å². The van der Waals surface area contributed by atoms with E-state index in [0.717, 1.165) is 11.8 Å². The molecular formula is C17H22N2O3S2. The first-order valence-electron chi connectivity index (χ1n) is 7.49. The molecule has 1 heterocycles. The number of rotatable bonds is 6. The smallest absolute Gasteiger partial charge is 0.251 e. The van der Waals surface area contributed by atoms with E-state index in [1.54, 1.807) is 24.3 Å². The lowest BCUT2D eigenvalue weighted by atomic mass is 10.1. The van der Waals surface area contributed by atoms with Gasteiger partial charge in [0.1, 0.15) is 0 Å². The molecule has 0 spiro atoms. The summed E-state index contributed by atoms with van der Waals surface area (Å²) in [6, 6.07) is 8.72. The van der Waals surface area contributed by atoms with Crippen molar-refractivity contribution >= 4 is 27.1 Å². The van der Waals surface area contributed by atoms with E-state index in [9.17, 15) is 13.2 Å².